The van der Waals surface area contributed by atoms with Gasteiger partial charge < -0.3 is 10.1 Å². The van der Waals surface area contributed by atoms with E-state index in [1.807, 2.05) is 0 Å². The van der Waals surface area contributed by atoms with Gasteiger partial charge in [-0.25, -0.2) is 4.79 Å². The molecule has 0 aliphatic heterocycles. The molecule has 0 saturated heterocycles. The molecule has 0 atom stereocenters. The third-order valence-corrected chi connectivity index (χ3v) is 2.50. The van der Waals surface area contributed by atoms with Crippen molar-refractivity contribution in [3.63, 3.8) is 0 Å². The van der Waals surface area contributed by atoms with Crippen molar-refractivity contribution in [1.29, 1.82) is 0 Å². The fraction of sp³-hybridized carbons (Fsp3) is 0.273. The average molecular weight is 276 g/mol. The van der Waals surface area contributed by atoms with Crippen LogP contribution in [0.3, 0.4) is 0 Å². The third kappa shape index (κ3) is 4.24. The summed E-state index contributed by atoms with van der Waals surface area (Å²) in [6.45, 7) is 1.93. The molecule has 0 spiro atoms. The van der Waals surface area contributed by atoms with E-state index in [0.29, 0.717) is 15.6 Å². The van der Waals surface area contributed by atoms with Crippen LogP contribution in [0.5, 0.6) is 0 Å². The molecule has 0 fully saturated rings. The van der Waals surface area contributed by atoms with E-state index in [4.69, 9.17) is 23.2 Å². The highest BCUT2D eigenvalue weighted by atomic mass is 35.5. The summed E-state index contributed by atoms with van der Waals surface area (Å²) in [5.41, 5.74) is 0.675. The highest BCUT2D eigenvalue weighted by molar-refractivity contribution is 6.35. The quantitative estimate of drug-likeness (QED) is 0.680. The second kappa shape index (κ2) is 6.47. The number of halogens is 2. The van der Waals surface area contributed by atoms with Crippen LogP contribution in [-0.4, -0.2) is 18.5 Å². The van der Waals surface area contributed by atoms with Crippen molar-refractivity contribution in [2.24, 2.45) is 0 Å². The van der Waals surface area contributed by atoms with Gasteiger partial charge in [-0.15, -0.1) is 0 Å². The van der Waals surface area contributed by atoms with Gasteiger partial charge in [0.05, 0.1) is 6.61 Å². The molecule has 1 aromatic carbocycles. The van der Waals surface area contributed by atoms with Crippen molar-refractivity contribution in [1.82, 2.24) is 5.32 Å². The van der Waals surface area contributed by atoms with Crippen LogP contribution >= 0.6 is 23.2 Å². The lowest BCUT2D eigenvalue weighted by Crippen LogP contribution is -2.32. The van der Waals surface area contributed by atoms with E-state index in [1.54, 1.807) is 25.1 Å². The fourth-order valence-electron chi connectivity index (χ4n) is 1.11. The molecule has 0 heterocycles. The number of rotatable bonds is 3. The molecule has 0 saturated carbocycles. The number of nitrogens with one attached hydrogen (secondary N) is 1. The van der Waals surface area contributed by atoms with Crippen LogP contribution in [0.15, 0.2) is 18.2 Å². The van der Waals surface area contributed by atoms with Gasteiger partial charge in [-0.1, -0.05) is 29.3 Å². The van der Waals surface area contributed by atoms with Gasteiger partial charge in [0.1, 0.15) is 0 Å². The average Bonchev–Trinajstić information content (AvgIpc) is 2.27. The predicted molar refractivity (Wildman–Crippen MR) is 64.9 cm³/mol. The Hall–Kier alpha value is -1.26. The summed E-state index contributed by atoms with van der Waals surface area (Å²) < 4.78 is 4.54. The van der Waals surface area contributed by atoms with Crippen molar-refractivity contribution in [2.75, 3.05) is 6.61 Å². The topological polar surface area (TPSA) is 55.4 Å². The largest absolute Gasteiger partial charge is 0.459 e. The first-order valence-corrected chi connectivity index (χ1v) is 5.69. The molecule has 17 heavy (non-hydrogen) atoms. The van der Waals surface area contributed by atoms with Gasteiger partial charge in [-0.2, -0.15) is 0 Å². The molecule has 1 N–H and O–H groups in total. The van der Waals surface area contributed by atoms with Gasteiger partial charge in [0, 0.05) is 16.6 Å². The summed E-state index contributed by atoms with van der Waals surface area (Å²) in [4.78, 5) is 22.2. The molecule has 0 radical (unpaired) electrons. The molecule has 1 amide bonds. The molecule has 0 aliphatic carbocycles. The summed E-state index contributed by atoms with van der Waals surface area (Å²) in [7, 11) is 0. The third-order valence-electron chi connectivity index (χ3n) is 1.92. The van der Waals surface area contributed by atoms with E-state index < -0.39 is 11.9 Å². The standard InChI is InChI=1S/C11H11Cl2NO3/c1-2-17-11(16)10(15)14-6-7-3-4-8(12)5-9(7)13/h3-5H,2,6H2,1H3,(H,14,15). The summed E-state index contributed by atoms with van der Waals surface area (Å²) in [5, 5.41) is 3.34. The number of esters is 1. The van der Waals surface area contributed by atoms with Gasteiger partial charge in [0.2, 0.25) is 0 Å². The van der Waals surface area contributed by atoms with Gasteiger partial charge in [0.25, 0.3) is 0 Å². The van der Waals surface area contributed by atoms with Crippen LogP contribution < -0.4 is 5.32 Å². The SMILES string of the molecule is CCOC(=O)C(=O)NCc1ccc(Cl)cc1Cl. The normalized spacial score (nSPS) is 9.82. The minimum atomic E-state index is -0.905. The Morgan fingerprint density at radius 3 is 2.65 bits per heavy atom. The minimum absolute atomic E-state index is 0.146. The summed E-state index contributed by atoms with van der Waals surface area (Å²) in [6, 6.07) is 4.89. The van der Waals surface area contributed by atoms with Crippen LogP contribution in [0.25, 0.3) is 0 Å². The number of hydrogen-bond acceptors (Lipinski definition) is 3. The first-order valence-electron chi connectivity index (χ1n) is 4.93. The molecule has 1 rings (SSSR count). The molecule has 4 nitrogen and oxygen atoms in total. The fourth-order valence-corrected chi connectivity index (χ4v) is 1.58. The second-order valence-electron chi connectivity index (χ2n) is 3.14. The first kappa shape index (κ1) is 13.8. The zero-order chi connectivity index (χ0) is 12.8. The highest BCUT2D eigenvalue weighted by Gasteiger charge is 2.14. The van der Waals surface area contributed by atoms with Crippen molar-refractivity contribution in [2.45, 2.75) is 13.5 Å². The molecular formula is C11H11Cl2NO3. The summed E-state index contributed by atoms with van der Waals surface area (Å²) >= 11 is 11.6. The second-order valence-corrected chi connectivity index (χ2v) is 3.98. The maximum Gasteiger partial charge on any atom is 0.396 e. The predicted octanol–water partition coefficient (Wildman–Crippen LogP) is 2.17. The van der Waals surface area contributed by atoms with Crippen LogP contribution in [0.4, 0.5) is 0 Å². The highest BCUT2D eigenvalue weighted by Crippen LogP contribution is 2.20. The molecule has 6 heteroatoms. The van der Waals surface area contributed by atoms with Gasteiger partial charge >= 0.3 is 11.9 Å². The van der Waals surface area contributed by atoms with Gasteiger partial charge in [-0.05, 0) is 24.6 Å². The number of hydrogen-bond donors (Lipinski definition) is 1. The molecule has 0 bridgehead atoms. The van der Waals surface area contributed by atoms with E-state index in [-0.39, 0.29) is 13.2 Å². The Balaban J connectivity index is 2.56. The van der Waals surface area contributed by atoms with Crippen molar-refractivity contribution in [3.05, 3.63) is 33.8 Å². The van der Waals surface area contributed by atoms with E-state index in [2.05, 4.69) is 10.1 Å². The van der Waals surface area contributed by atoms with Crippen LogP contribution in [0.2, 0.25) is 10.0 Å². The first-order chi connectivity index (χ1) is 8.04. The lowest BCUT2D eigenvalue weighted by Gasteiger charge is -2.06. The molecular weight excluding hydrogens is 265 g/mol. The molecule has 0 aromatic heterocycles. The zero-order valence-corrected chi connectivity index (χ0v) is 10.6. The smallest absolute Gasteiger partial charge is 0.396 e. The number of benzene rings is 1. The summed E-state index contributed by atoms with van der Waals surface area (Å²) in [5.74, 6) is -1.70. The lowest BCUT2D eigenvalue weighted by atomic mass is 10.2. The summed E-state index contributed by atoms with van der Waals surface area (Å²) in [6.07, 6.45) is 0. The molecule has 1 aromatic rings. The maximum absolute atomic E-state index is 11.2. The Morgan fingerprint density at radius 2 is 2.06 bits per heavy atom. The van der Waals surface area contributed by atoms with Crippen LogP contribution in [0.1, 0.15) is 12.5 Å². The maximum atomic E-state index is 11.2. The number of carbonyl (C=O) groups excluding carboxylic acids is 2. The number of ether oxygens (including phenoxy) is 1. The zero-order valence-electron chi connectivity index (χ0n) is 9.13. The Morgan fingerprint density at radius 1 is 1.35 bits per heavy atom. The van der Waals surface area contributed by atoms with E-state index in [1.165, 1.54) is 0 Å². The Bertz CT molecular complexity index is 435. The Kier molecular flexibility index (Phi) is 5.25. The van der Waals surface area contributed by atoms with Crippen molar-refractivity contribution in [3.8, 4) is 0 Å². The Labute approximate surface area is 109 Å². The molecule has 0 aliphatic rings. The van der Waals surface area contributed by atoms with E-state index in [0.717, 1.165) is 0 Å². The van der Waals surface area contributed by atoms with E-state index in [9.17, 15) is 9.59 Å². The van der Waals surface area contributed by atoms with Crippen molar-refractivity contribution < 1.29 is 14.3 Å². The lowest BCUT2D eigenvalue weighted by molar-refractivity contribution is -0.154. The van der Waals surface area contributed by atoms with Crippen molar-refractivity contribution >= 4 is 35.1 Å². The van der Waals surface area contributed by atoms with Gasteiger partial charge in [-0.3, -0.25) is 4.79 Å². The molecule has 92 valence electrons. The number of carbonyl (C=O) groups is 2. The van der Waals surface area contributed by atoms with Crippen LogP contribution in [0, 0.1) is 0 Å². The number of amides is 1. The minimum Gasteiger partial charge on any atom is -0.459 e. The van der Waals surface area contributed by atoms with Crippen LogP contribution in [-0.2, 0) is 20.9 Å². The van der Waals surface area contributed by atoms with E-state index >= 15 is 0 Å². The van der Waals surface area contributed by atoms with Gasteiger partial charge in [0.15, 0.2) is 0 Å². The molecule has 0 unspecified atom stereocenters. The monoisotopic (exact) mass is 275 g/mol.